The number of aliphatic imine (C=N–C) groups is 1. The van der Waals surface area contributed by atoms with Crippen LogP contribution in [0.4, 0.5) is 10.1 Å². The average Bonchev–Trinajstić information content (AvgIpc) is 3.57. The van der Waals surface area contributed by atoms with Gasteiger partial charge in [-0.1, -0.05) is 12.5 Å². The van der Waals surface area contributed by atoms with Crippen LogP contribution in [-0.2, 0) is 14.4 Å². The van der Waals surface area contributed by atoms with E-state index in [9.17, 15) is 19.5 Å². The minimum absolute atomic E-state index is 0.0430. The van der Waals surface area contributed by atoms with E-state index < -0.39 is 36.2 Å². The van der Waals surface area contributed by atoms with E-state index in [0.717, 1.165) is 19.3 Å². The van der Waals surface area contributed by atoms with Crippen molar-refractivity contribution >= 4 is 40.3 Å². The van der Waals surface area contributed by atoms with Gasteiger partial charge in [0.05, 0.1) is 41.0 Å². The fourth-order valence-corrected chi connectivity index (χ4v) is 6.84. The highest BCUT2D eigenvalue weighted by Gasteiger charge is 2.47. The number of benzene rings is 1. The molecular weight excluding hydrogens is 527 g/mol. The number of likely N-dealkylation sites (tertiary alicyclic amines) is 1. The normalized spacial score (nSPS) is 22.2. The van der Waals surface area contributed by atoms with Crippen LogP contribution < -0.4 is 15.3 Å². The highest BCUT2D eigenvalue weighted by atomic mass is 19.1. The molecule has 7 rings (SSSR count). The molecule has 0 radical (unpaired) electrons. The second-order valence-corrected chi connectivity index (χ2v) is 10.9. The number of hydrogen-bond acceptors (Lipinski definition) is 7. The molecule has 4 aliphatic rings. The molecule has 10 nitrogen and oxygen atoms in total. The standard InChI is InChI=1S/C30H28FN6O4/c31-17-14-19-18(7-13-38)27(30(41)35-9-3-1-4-10-35)37-12-8-32-25(20(15-17)26(19)37)24-23(28(39)34-29(24)40)21-16-33-22-6-2-5-11-36(21)22/h2,5-6,11,14-16,18,27H,1,3-4,7-10,12-13H2,(H,34,39,40)/q-1. The summed E-state index contributed by atoms with van der Waals surface area (Å²) in [7, 11) is 0. The lowest BCUT2D eigenvalue weighted by molar-refractivity contribution is -0.369. The molecule has 0 bridgehead atoms. The minimum atomic E-state index is -0.654. The number of anilines is 1. The number of carbonyl (C=O) groups excluding carboxylic acids is 3. The second kappa shape index (κ2) is 9.91. The summed E-state index contributed by atoms with van der Waals surface area (Å²) >= 11 is 0. The molecule has 1 fully saturated rings. The Hall–Kier alpha value is -4.38. The van der Waals surface area contributed by atoms with Crippen LogP contribution in [0.15, 0.2) is 53.3 Å². The lowest BCUT2D eigenvalue weighted by atomic mass is 9.88. The number of nitrogens with zero attached hydrogens (tertiary/aromatic N) is 5. The van der Waals surface area contributed by atoms with Gasteiger partial charge >= 0.3 is 0 Å². The number of imide groups is 1. The zero-order chi connectivity index (χ0) is 28.2. The van der Waals surface area contributed by atoms with E-state index in [1.807, 2.05) is 15.9 Å². The molecule has 1 saturated heterocycles. The molecule has 41 heavy (non-hydrogen) atoms. The lowest BCUT2D eigenvalue weighted by Crippen LogP contribution is -2.51. The van der Waals surface area contributed by atoms with Gasteiger partial charge in [-0.25, -0.2) is 9.37 Å². The molecular formula is C30H28FN6O4-. The number of rotatable bonds is 5. The first-order valence-corrected chi connectivity index (χ1v) is 14.0. The summed E-state index contributed by atoms with van der Waals surface area (Å²) in [5.74, 6) is -2.33. The van der Waals surface area contributed by atoms with Crippen molar-refractivity contribution in [2.45, 2.75) is 37.6 Å². The van der Waals surface area contributed by atoms with E-state index in [1.165, 1.54) is 18.3 Å². The van der Waals surface area contributed by atoms with Gasteiger partial charge in [0.2, 0.25) is 5.91 Å². The number of amides is 3. The molecule has 2 aromatic heterocycles. The van der Waals surface area contributed by atoms with Gasteiger partial charge in [0, 0.05) is 37.3 Å². The molecule has 2 unspecified atom stereocenters. The Balaban J connectivity index is 1.40. The lowest BCUT2D eigenvalue weighted by Gasteiger charge is -2.36. The Morgan fingerprint density at radius 2 is 1.88 bits per heavy atom. The molecule has 4 aliphatic heterocycles. The number of pyridine rings is 1. The summed E-state index contributed by atoms with van der Waals surface area (Å²) in [5.41, 5.74) is 2.87. The van der Waals surface area contributed by atoms with Crippen molar-refractivity contribution in [1.82, 2.24) is 19.6 Å². The maximum atomic E-state index is 15.4. The van der Waals surface area contributed by atoms with Crippen LogP contribution >= 0.6 is 0 Å². The van der Waals surface area contributed by atoms with Crippen molar-refractivity contribution in [1.29, 1.82) is 0 Å². The molecule has 1 N–H and O–H groups in total. The summed E-state index contributed by atoms with van der Waals surface area (Å²) < 4.78 is 17.1. The summed E-state index contributed by atoms with van der Waals surface area (Å²) in [6.07, 6.45) is 6.37. The van der Waals surface area contributed by atoms with E-state index in [4.69, 9.17) is 4.99 Å². The van der Waals surface area contributed by atoms with Crippen LogP contribution in [0.3, 0.4) is 0 Å². The number of hydrogen-bond donors (Lipinski definition) is 1. The molecule has 0 saturated carbocycles. The van der Waals surface area contributed by atoms with Gasteiger partial charge in [-0.05, 0) is 49.1 Å². The summed E-state index contributed by atoms with van der Waals surface area (Å²) in [6.45, 7) is 1.47. The van der Waals surface area contributed by atoms with Gasteiger partial charge in [0.1, 0.15) is 17.5 Å². The smallest absolute Gasteiger partial charge is 0.261 e. The van der Waals surface area contributed by atoms with Gasteiger partial charge in [-0.2, -0.15) is 0 Å². The monoisotopic (exact) mass is 555 g/mol. The quantitative estimate of drug-likeness (QED) is 0.476. The molecule has 1 aromatic carbocycles. The Labute approximate surface area is 235 Å². The van der Waals surface area contributed by atoms with Gasteiger partial charge in [0.25, 0.3) is 11.8 Å². The maximum absolute atomic E-state index is 15.4. The minimum Gasteiger partial charge on any atom is -0.854 e. The molecule has 11 heteroatoms. The second-order valence-electron chi connectivity index (χ2n) is 10.9. The van der Waals surface area contributed by atoms with Crippen molar-refractivity contribution in [3.8, 4) is 0 Å². The maximum Gasteiger partial charge on any atom is 0.261 e. The first-order chi connectivity index (χ1) is 20.0. The largest absolute Gasteiger partial charge is 0.854 e. The van der Waals surface area contributed by atoms with Gasteiger partial charge < -0.3 is 14.9 Å². The molecule has 210 valence electrons. The van der Waals surface area contributed by atoms with E-state index in [0.29, 0.717) is 47.8 Å². The Morgan fingerprint density at radius 3 is 2.68 bits per heavy atom. The van der Waals surface area contributed by atoms with Crippen LogP contribution in [0.25, 0.3) is 11.2 Å². The van der Waals surface area contributed by atoms with Crippen molar-refractivity contribution in [2.75, 3.05) is 37.7 Å². The molecule has 0 aliphatic carbocycles. The number of fused-ring (bicyclic) bond motifs is 1. The summed E-state index contributed by atoms with van der Waals surface area (Å²) in [4.78, 5) is 53.4. The third-order valence-electron chi connectivity index (χ3n) is 8.56. The van der Waals surface area contributed by atoms with Crippen LogP contribution in [0.1, 0.15) is 48.4 Å². The highest BCUT2D eigenvalue weighted by Crippen LogP contribution is 2.48. The van der Waals surface area contributed by atoms with Gasteiger partial charge in [-0.15, -0.1) is 6.61 Å². The van der Waals surface area contributed by atoms with Gasteiger partial charge in [0.15, 0.2) is 0 Å². The molecule has 6 heterocycles. The molecule has 3 amide bonds. The third-order valence-corrected chi connectivity index (χ3v) is 8.56. The predicted molar refractivity (Wildman–Crippen MR) is 147 cm³/mol. The van der Waals surface area contributed by atoms with Crippen LogP contribution in [0, 0.1) is 5.82 Å². The van der Waals surface area contributed by atoms with Crippen LogP contribution in [-0.4, -0.2) is 76.5 Å². The molecule has 0 spiro atoms. The Kier molecular flexibility index (Phi) is 6.19. The SMILES string of the molecule is O=C1NC(=O)C(c2cnc3ccccn23)=C1C1=NCCN2c3c1cc(F)cc3C(CC[O-])C2C(=O)N1CCCCC1. The number of aromatic nitrogens is 2. The van der Waals surface area contributed by atoms with E-state index in [2.05, 4.69) is 10.3 Å². The number of imidazole rings is 1. The van der Waals surface area contributed by atoms with Crippen LogP contribution in [0.5, 0.6) is 0 Å². The number of carbonyl (C=O) groups is 3. The summed E-state index contributed by atoms with van der Waals surface area (Å²) in [5, 5.41) is 14.3. The third kappa shape index (κ3) is 3.98. The first-order valence-electron chi connectivity index (χ1n) is 14.0. The highest BCUT2D eigenvalue weighted by molar-refractivity contribution is 6.47. The number of nitrogens with one attached hydrogen (secondary N) is 1. The fraction of sp³-hybridized carbons (Fsp3) is 0.367. The summed E-state index contributed by atoms with van der Waals surface area (Å²) in [6, 6.07) is 7.46. The zero-order valence-electron chi connectivity index (χ0n) is 22.3. The van der Waals surface area contributed by atoms with Crippen molar-refractivity contribution in [3.63, 3.8) is 0 Å². The Bertz CT molecular complexity index is 1670. The average molecular weight is 556 g/mol. The van der Waals surface area contributed by atoms with E-state index >= 15 is 4.39 Å². The zero-order valence-corrected chi connectivity index (χ0v) is 22.3. The predicted octanol–water partition coefficient (Wildman–Crippen LogP) is 1.42. The van der Waals surface area contributed by atoms with Crippen molar-refractivity contribution < 1.29 is 23.9 Å². The van der Waals surface area contributed by atoms with Crippen molar-refractivity contribution in [2.24, 2.45) is 4.99 Å². The molecule has 2 atom stereocenters. The van der Waals surface area contributed by atoms with Crippen LogP contribution in [0.2, 0.25) is 0 Å². The van der Waals surface area contributed by atoms with Crippen molar-refractivity contribution in [3.05, 3.63) is 70.9 Å². The number of halogens is 1. The first kappa shape index (κ1) is 25.6. The topological polar surface area (TPSA) is 122 Å². The fourth-order valence-electron chi connectivity index (χ4n) is 6.84. The number of piperidine rings is 1. The van der Waals surface area contributed by atoms with E-state index in [1.54, 1.807) is 22.7 Å². The van der Waals surface area contributed by atoms with E-state index in [-0.39, 0.29) is 35.7 Å². The Morgan fingerprint density at radius 1 is 1.07 bits per heavy atom. The molecule has 3 aromatic rings. The van der Waals surface area contributed by atoms with Gasteiger partial charge in [-0.3, -0.25) is 29.1 Å².